The van der Waals surface area contributed by atoms with E-state index in [0.29, 0.717) is 11.1 Å². The number of amides is 1. The number of nitrogens with zero attached hydrogens (tertiary/aromatic N) is 2. The molecular formula is C15H12N2O5S. The van der Waals surface area contributed by atoms with Crippen LogP contribution in [0.25, 0.3) is 0 Å². The van der Waals surface area contributed by atoms with Crippen molar-refractivity contribution in [2.24, 2.45) is 0 Å². The fourth-order valence-corrected chi connectivity index (χ4v) is 4.13. The van der Waals surface area contributed by atoms with E-state index in [0.717, 1.165) is 4.31 Å². The highest BCUT2D eigenvalue weighted by molar-refractivity contribution is 7.90. The van der Waals surface area contributed by atoms with Crippen LogP contribution in [-0.2, 0) is 16.6 Å². The summed E-state index contributed by atoms with van der Waals surface area (Å²) in [5, 5.41) is 11.0. The van der Waals surface area contributed by atoms with Crippen LogP contribution < -0.4 is 0 Å². The molecule has 0 fully saturated rings. The first-order valence-corrected chi connectivity index (χ1v) is 8.17. The molecule has 0 aliphatic carbocycles. The second-order valence-corrected chi connectivity index (χ2v) is 6.96. The van der Waals surface area contributed by atoms with Crippen LogP contribution in [0.15, 0.2) is 47.4 Å². The lowest BCUT2D eigenvalue weighted by molar-refractivity contribution is -0.385. The zero-order chi connectivity index (χ0) is 16.8. The summed E-state index contributed by atoms with van der Waals surface area (Å²) in [6.07, 6.45) is 0. The number of nitro benzene ring substituents is 1. The van der Waals surface area contributed by atoms with E-state index in [9.17, 15) is 23.3 Å². The summed E-state index contributed by atoms with van der Waals surface area (Å²) >= 11 is 0. The van der Waals surface area contributed by atoms with Gasteiger partial charge < -0.3 is 0 Å². The van der Waals surface area contributed by atoms with E-state index in [1.54, 1.807) is 18.2 Å². The van der Waals surface area contributed by atoms with Gasteiger partial charge in [-0.25, -0.2) is 12.7 Å². The van der Waals surface area contributed by atoms with E-state index in [-0.39, 0.29) is 22.7 Å². The lowest BCUT2D eigenvalue weighted by Crippen LogP contribution is -2.29. The van der Waals surface area contributed by atoms with Crippen molar-refractivity contribution in [3.63, 3.8) is 0 Å². The maximum Gasteiger partial charge on any atom is 0.272 e. The molecule has 0 N–H and O–H groups in total. The van der Waals surface area contributed by atoms with Gasteiger partial charge in [0, 0.05) is 11.6 Å². The molecule has 0 saturated heterocycles. The minimum Gasteiger partial charge on any atom is -0.268 e. The first-order valence-electron chi connectivity index (χ1n) is 6.73. The second kappa shape index (κ2) is 5.17. The van der Waals surface area contributed by atoms with E-state index in [1.165, 1.54) is 31.2 Å². The van der Waals surface area contributed by atoms with Gasteiger partial charge in [-0.05, 0) is 24.6 Å². The number of benzene rings is 2. The quantitative estimate of drug-likeness (QED) is 0.634. The predicted molar refractivity (Wildman–Crippen MR) is 81.3 cm³/mol. The van der Waals surface area contributed by atoms with E-state index in [4.69, 9.17) is 0 Å². The van der Waals surface area contributed by atoms with Crippen molar-refractivity contribution in [1.29, 1.82) is 0 Å². The zero-order valence-corrected chi connectivity index (χ0v) is 12.9. The molecule has 1 aliphatic heterocycles. The van der Waals surface area contributed by atoms with Crippen LogP contribution in [0, 0.1) is 17.0 Å². The van der Waals surface area contributed by atoms with Crippen molar-refractivity contribution in [3.05, 3.63) is 69.3 Å². The van der Waals surface area contributed by atoms with Gasteiger partial charge in [-0.2, -0.15) is 0 Å². The molecule has 2 aromatic carbocycles. The van der Waals surface area contributed by atoms with Gasteiger partial charge in [0.05, 0.1) is 17.0 Å². The molecular weight excluding hydrogens is 320 g/mol. The van der Waals surface area contributed by atoms with Crippen LogP contribution >= 0.6 is 0 Å². The Morgan fingerprint density at radius 2 is 1.83 bits per heavy atom. The standard InChI is InChI=1S/C15H12N2O5S/c1-10-11(5-4-7-13(10)17(19)20)9-16-15(18)12-6-2-3-8-14(12)23(16,21)22/h2-8H,9H2,1H3. The van der Waals surface area contributed by atoms with Crippen LogP contribution in [0.1, 0.15) is 21.5 Å². The maximum absolute atomic E-state index is 12.5. The highest BCUT2D eigenvalue weighted by atomic mass is 32.2. The van der Waals surface area contributed by atoms with E-state index in [2.05, 4.69) is 0 Å². The smallest absolute Gasteiger partial charge is 0.268 e. The zero-order valence-electron chi connectivity index (χ0n) is 12.1. The summed E-state index contributed by atoms with van der Waals surface area (Å²) in [5.74, 6) is -0.619. The Morgan fingerprint density at radius 3 is 2.48 bits per heavy atom. The van der Waals surface area contributed by atoms with Gasteiger partial charge in [0.15, 0.2) is 0 Å². The summed E-state index contributed by atoms with van der Waals surface area (Å²) in [6.45, 7) is 1.30. The number of nitro groups is 1. The van der Waals surface area contributed by atoms with E-state index in [1.807, 2.05) is 0 Å². The van der Waals surface area contributed by atoms with Gasteiger partial charge in [-0.3, -0.25) is 14.9 Å². The summed E-state index contributed by atoms with van der Waals surface area (Å²) < 4.78 is 25.8. The molecule has 0 radical (unpaired) electrons. The van der Waals surface area contributed by atoms with Gasteiger partial charge in [0.25, 0.3) is 21.6 Å². The number of carbonyl (C=O) groups is 1. The SMILES string of the molecule is Cc1c(CN2C(=O)c3ccccc3S2(=O)=O)cccc1[N+](=O)[O-]. The Bertz CT molecular complexity index is 937. The van der Waals surface area contributed by atoms with Gasteiger partial charge in [0.1, 0.15) is 4.90 Å². The Labute approximate surface area is 132 Å². The highest BCUT2D eigenvalue weighted by Gasteiger charge is 2.41. The molecule has 0 unspecified atom stereocenters. The lowest BCUT2D eigenvalue weighted by atomic mass is 10.1. The van der Waals surface area contributed by atoms with Crippen LogP contribution in [0.4, 0.5) is 5.69 Å². The van der Waals surface area contributed by atoms with Crippen molar-refractivity contribution in [1.82, 2.24) is 4.31 Å². The monoisotopic (exact) mass is 332 g/mol. The molecule has 8 heteroatoms. The van der Waals surface area contributed by atoms with Crippen LogP contribution in [0.3, 0.4) is 0 Å². The molecule has 0 saturated carbocycles. The van der Waals surface area contributed by atoms with Crippen LogP contribution in [0.5, 0.6) is 0 Å². The largest absolute Gasteiger partial charge is 0.272 e. The fourth-order valence-electron chi connectivity index (χ4n) is 2.58. The number of fused-ring (bicyclic) bond motifs is 1. The summed E-state index contributed by atoms with van der Waals surface area (Å²) in [4.78, 5) is 22.8. The first kappa shape index (κ1) is 15.2. The molecule has 0 aromatic heterocycles. The Kier molecular flexibility index (Phi) is 3.41. The average Bonchev–Trinajstić information content (AvgIpc) is 2.70. The molecule has 23 heavy (non-hydrogen) atoms. The van der Waals surface area contributed by atoms with Crippen molar-refractivity contribution < 1.29 is 18.1 Å². The minimum atomic E-state index is -3.93. The normalized spacial score (nSPS) is 15.5. The van der Waals surface area contributed by atoms with Crippen molar-refractivity contribution >= 4 is 21.6 Å². The molecule has 1 amide bonds. The first-order chi connectivity index (χ1) is 10.8. The second-order valence-electron chi connectivity index (χ2n) is 5.13. The van der Waals surface area contributed by atoms with Crippen molar-refractivity contribution in [2.45, 2.75) is 18.4 Å². The van der Waals surface area contributed by atoms with Crippen LogP contribution in [-0.4, -0.2) is 23.6 Å². The molecule has 0 atom stereocenters. The number of hydrogen-bond donors (Lipinski definition) is 0. The Balaban J connectivity index is 2.05. The predicted octanol–water partition coefficient (Wildman–Crippen LogP) is 2.25. The number of hydrogen-bond acceptors (Lipinski definition) is 5. The van der Waals surface area contributed by atoms with E-state index < -0.39 is 20.9 Å². The van der Waals surface area contributed by atoms with Gasteiger partial charge in [-0.1, -0.05) is 24.3 Å². The summed E-state index contributed by atoms with van der Waals surface area (Å²) in [6, 6.07) is 10.4. The third kappa shape index (κ3) is 2.27. The number of rotatable bonds is 3. The minimum absolute atomic E-state index is 0.0342. The van der Waals surface area contributed by atoms with Gasteiger partial charge in [-0.15, -0.1) is 0 Å². The molecule has 1 aliphatic rings. The summed E-state index contributed by atoms with van der Waals surface area (Å²) in [7, 11) is -3.93. The maximum atomic E-state index is 12.5. The molecule has 1 heterocycles. The van der Waals surface area contributed by atoms with Gasteiger partial charge in [0.2, 0.25) is 0 Å². The average molecular weight is 332 g/mol. The Morgan fingerprint density at radius 1 is 1.13 bits per heavy atom. The molecule has 118 valence electrons. The third-order valence-electron chi connectivity index (χ3n) is 3.84. The summed E-state index contributed by atoms with van der Waals surface area (Å²) in [5.41, 5.74) is 0.778. The van der Waals surface area contributed by atoms with E-state index >= 15 is 0 Å². The third-order valence-corrected chi connectivity index (χ3v) is 5.63. The molecule has 3 rings (SSSR count). The molecule has 0 bridgehead atoms. The molecule has 7 nitrogen and oxygen atoms in total. The lowest BCUT2D eigenvalue weighted by Gasteiger charge is -2.16. The molecule has 2 aromatic rings. The van der Waals surface area contributed by atoms with Crippen molar-refractivity contribution in [2.75, 3.05) is 0 Å². The number of sulfonamides is 1. The van der Waals surface area contributed by atoms with Crippen LogP contribution in [0.2, 0.25) is 0 Å². The highest BCUT2D eigenvalue weighted by Crippen LogP contribution is 2.32. The topological polar surface area (TPSA) is 97.6 Å². The van der Waals surface area contributed by atoms with Crippen molar-refractivity contribution in [3.8, 4) is 0 Å². The molecule has 0 spiro atoms. The number of carbonyl (C=O) groups excluding carboxylic acids is 1. The Hall–Kier alpha value is -2.74. The fraction of sp³-hybridized carbons (Fsp3) is 0.133. The van der Waals surface area contributed by atoms with Gasteiger partial charge >= 0.3 is 0 Å².